The number of nitrogens with one attached hydrogen (secondary N) is 1. The van der Waals surface area contributed by atoms with Gasteiger partial charge in [0.1, 0.15) is 6.61 Å². The Bertz CT molecular complexity index is 472. The van der Waals surface area contributed by atoms with Crippen LogP contribution in [0.5, 0.6) is 0 Å². The second-order valence-corrected chi connectivity index (χ2v) is 4.30. The van der Waals surface area contributed by atoms with Crippen LogP contribution in [0.1, 0.15) is 25.3 Å². The first-order chi connectivity index (χ1) is 9.49. The Morgan fingerprint density at radius 1 is 1.25 bits per heavy atom. The minimum atomic E-state index is -1.02. The molecule has 108 valence electrons. The van der Waals surface area contributed by atoms with Gasteiger partial charge >= 0.3 is 12.1 Å². The van der Waals surface area contributed by atoms with Gasteiger partial charge in [-0.25, -0.2) is 4.79 Å². The van der Waals surface area contributed by atoms with Gasteiger partial charge in [0.15, 0.2) is 5.78 Å². The number of carbonyl (C=O) groups excluding carboxylic acids is 2. The van der Waals surface area contributed by atoms with E-state index < -0.39 is 18.1 Å². The summed E-state index contributed by atoms with van der Waals surface area (Å²) in [4.78, 5) is 33.3. The molecule has 1 rings (SSSR count). The number of hydrogen-bond donors (Lipinski definition) is 2. The number of carbonyl (C=O) groups is 3. The van der Waals surface area contributed by atoms with E-state index in [0.29, 0.717) is 0 Å². The quantitative estimate of drug-likeness (QED) is 0.793. The number of ether oxygens (including phenoxy) is 1. The van der Waals surface area contributed by atoms with Gasteiger partial charge in [0.25, 0.3) is 0 Å². The predicted octanol–water partition coefficient (Wildman–Crippen LogP) is 1.74. The van der Waals surface area contributed by atoms with Crippen molar-refractivity contribution in [2.45, 2.75) is 32.4 Å². The minimum absolute atomic E-state index is 0.0467. The lowest BCUT2D eigenvalue weighted by molar-refractivity contribution is -0.137. The molecule has 20 heavy (non-hydrogen) atoms. The standard InChI is InChI=1S/C14H17NO5/c1-10(16)12(7-8-13(17)18)15-14(19)20-9-11-5-3-2-4-6-11/h2-6,12H,7-9H2,1H3,(H,15,19)(H,17,18). The van der Waals surface area contributed by atoms with Crippen LogP contribution < -0.4 is 5.32 Å². The average Bonchev–Trinajstić information content (AvgIpc) is 2.41. The number of carboxylic acid groups (broad SMARTS) is 1. The molecule has 6 nitrogen and oxygen atoms in total. The molecule has 1 aromatic carbocycles. The van der Waals surface area contributed by atoms with Crippen molar-refractivity contribution in [3.8, 4) is 0 Å². The molecule has 0 saturated carbocycles. The normalized spacial score (nSPS) is 11.4. The van der Waals surface area contributed by atoms with E-state index in [4.69, 9.17) is 9.84 Å². The van der Waals surface area contributed by atoms with Crippen LogP contribution in [0.15, 0.2) is 30.3 Å². The maximum Gasteiger partial charge on any atom is 0.408 e. The van der Waals surface area contributed by atoms with Gasteiger partial charge in [-0.05, 0) is 18.9 Å². The van der Waals surface area contributed by atoms with Gasteiger partial charge in [0, 0.05) is 6.42 Å². The van der Waals surface area contributed by atoms with Crippen molar-refractivity contribution in [2.75, 3.05) is 0 Å². The largest absolute Gasteiger partial charge is 0.481 e. The predicted molar refractivity (Wildman–Crippen MR) is 71.1 cm³/mol. The number of carboxylic acids is 1. The Morgan fingerprint density at radius 2 is 1.90 bits per heavy atom. The lowest BCUT2D eigenvalue weighted by atomic mass is 10.1. The summed E-state index contributed by atoms with van der Waals surface area (Å²) in [6, 6.07) is 8.26. The van der Waals surface area contributed by atoms with Crippen LogP contribution in [-0.4, -0.2) is 29.0 Å². The highest BCUT2D eigenvalue weighted by atomic mass is 16.5. The first kappa shape index (κ1) is 15.7. The summed E-state index contributed by atoms with van der Waals surface area (Å²) in [5.74, 6) is -1.32. The summed E-state index contributed by atoms with van der Waals surface area (Å²) in [7, 11) is 0. The van der Waals surface area contributed by atoms with E-state index in [9.17, 15) is 14.4 Å². The monoisotopic (exact) mass is 279 g/mol. The zero-order chi connectivity index (χ0) is 15.0. The van der Waals surface area contributed by atoms with Gasteiger partial charge in [-0.1, -0.05) is 30.3 Å². The second-order valence-electron chi connectivity index (χ2n) is 4.30. The van der Waals surface area contributed by atoms with Crippen LogP contribution in [0, 0.1) is 0 Å². The average molecular weight is 279 g/mol. The molecular formula is C14H17NO5. The maximum atomic E-state index is 11.5. The van der Waals surface area contributed by atoms with Gasteiger partial charge < -0.3 is 15.2 Å². The van der Waals surface area contributed by atoms with Crippen molar-refractivity contribution in [1.29, 1.82) is 0 Å². The van der Waals surface area contributed by atoms with Crippen LogP contribution in [0.4, 0.5) is 4.79 Å². The lowest BCUT2D eigenvalue weighted by Crippen LogP contribution is -2.40. The third-order valence-electron chi connectivity index (χ3n) is 2.64. The molecule has 2 N–H and O–H groups in total. The summed E-state index contributed by atoms with van der Waals surface area (Å²) in [5, 5.41) is 10.9. The Morgan fingerprint density at radius 3 is 2.45 bits per heavy atom. The molecule has 6 heteroatoms. The van der Waals surface area contributed by atoms with Crippen molar-refractivity contribution >= 4 is 17.8 Å². The molecule has 1 unspecified atom stereocenters. The highest BCUT2D eigenvalue weighted by Gasteiger charge is 2.18. The molecule has 1 amide bonds. The third kappa shape index (κ3) is 5.99. The highest BCUT2D eigenvalue weighted by molar-refractivity contribution is 5.85. The SMILES string of the molecule is CC(=O)C(CCC(=O)O)NC(=O)OCc1ccccc1. The molecule has 0 aliphatic rings. The van der Waals surface area contributed by atoms with Gasteiger partial charge in [0.2, 0.25) is 0 Å². The van der Waals surface area contributed by atoms with Crippen LogP contribution in [0.2, 0.25) is 0 Å². The molecule has 0 aliphatic heterocycles. The van der Waals surface area contributed by atoms with Crippen LogP contribution >= 0.6 is 0 Å². The van der Waals surface area contributed by atoms with Gasteiger partial charge in [-0.2, -0.15) is 0 Å². The third-order valence-corrected chi connectivity index (χ3v) is 2.64. The number of alkyl carbamates (subject to hydrolysis) is 1. The first-order valence-electron chi connectivity index (χ1n) is 6.18. The zero-order valence-electron chi connectivity index (χ0n) is 11.2. The molecule has 0 saturated heterocycles. The minimum Gasteiger partial charge on any atom is -0.481 e. The van der Waals surface area contributed by atoms with Crippen LogP contribution in [0.25, 0.3) is 0 Å². The van der Waals surface area contributed by atoms with Crippen molar-refractivity contribution in [2.24, 2.45) is 0 Å². The van der Waals surface area contributed by atoms with Gasteiger partial charge in [-0.15, -0.1) is 0 Å². The fourth-order valence-corrected chi connectivity index (χ4v) is 1.55. The van der Waals surface area contributed by atoms with Gasteiger partial charge in [0.05, 0.1) is 6.04 Å². The fraction of sp³-hybridized carbons (Fsp3) is 0.357. The highest BCUT2D eigenvalue weighted by Crippen LogP contribution is 2.03. The van der Waals surface area contributed by atoms with E-state index in [1.807, 2.05) is 18.2 Å². The number of ketones is 1. The molecule has 0 radical (unpaired) electrons. The summed E-state index contributed by atoms with van der Waals surface area (Å²) in [6.45, 7) is 1.39. The van der Waals surface area contributed by atoms with E-state index in [2.05, 4.69) is 5.32 Å². The van der Waals surface area contributed by atoms with Crippen molar-refractivity contribution in [1.82, 2.24) is 5.32 Å². The summed E-state index contributed by atoms with van der Waals surface area (Å²) in [6.07, 6.45) is -0.881. The molecule has 1 atom stereocenters. The molecule has 0 heterocycles. The number of aliphatic carboxylic acids is 1. The maximum absolute atomic E-state index is 11.5. The van der Waals surface area contributed by atoms with E-state index in [1.165, 1.54) is 6.92 Å². The second kappa shape index (κ2) is 7.93. The molecule has 0 spiro atoms. The number of hydrogen-bond acceptors (Lipinski definition) is 4. The lowest BCUT2D eigenvalue weighted by Gasteiger charge is -2.14. The Kier molecular flexibility index (Phi) is 6.22. The molecule has 0 aromatic heterocycles. The smallest absolute Gasteiger partial charge is 0.408 e. The molecule has 0 aliphatic carbocycles. The first-order valence-corrected chi connectivity index (χ1v) is 6.18. The zero-order valence-corrected chi connectivity index (χ0v) is 11.2. The molecule has 0 fully saturated rings. The van der Waals surface area contributed by atoms with Crippen LogP contribution in [0.3, 0.4) is 0 Å². The molecular weight excluding hydrogens is 262 g/mol. The van der Waals surface area contributed by atoms with Crippen LogP contribution in [-0.2, 0) is 20.9 Å². The number of benzene rings is 1. The topological polar surface area (TPSA) is 92.7 Å². The summed E-state index contributed by atoms with van der Waals surface area (Å²) < 4.78 is 4.97. The van der Waals surface area contributed by atoms with Crippen molar-refractivity contribution in [3.63, 3.8) is 0 Å². The fourth-order valence-electron chi connectivity index (χ4n) is 1.55. The van der Waals surface area contributed by atoms with E-state index >= 15 is 0 Å². The Balaban J connectivity index is 2.41. The van der Waals surface area contributed by atoms with Gasteiger partial charge in [-0.3, -0.25) is 9.59 Å². The van der Waals surface area contributed by atoms with Crippen molar-refractivity contribution in [3.05, 3.63) is 35.9 Å². The molecule has 0 bridgehead atoms. The van der Waals surface area contributed by atoms with E-state index in [-0.39, 0.29) is 25.2 Å². The number of amides is 1. The summed E-state index contributed by atoms with van der Waals surface area (Å²) in [5.41, 5.74) is 0.826. The number of rotatable bonds is 7. The van der Waals surface area contributed by atoms with Crippen molar-refractivity contribution < 1.29 is 24.2 Å². The van der Waals surface area contributed by atoms with E-state index in [1.54, 1.807) is 12.1 Å². The molecule has 1 aromatic rings. The Labute approximate surface area is 116 Å². The van der Waals surface area contributed by atoms with E-state index in [0.717, 1.165) is 5.56 Å². The summed E-state index contributed by atoms with van der Waals surface area (Å²) >= 11 is 0. The number of Topliss-reactive ketones (excluding diaryl/α,β-unsaturated/α-hetero) is 1. The Hall–Kier alpha value is -2.37.